The molecule has 1 N–H and O–H groups in total. The number of nitrogens with zero attached hydrogens (tertiary/aromatic N) is 2. The van der Waals surface area contributed by atoms with Gasteiger partial charge in [-0.2, -0.15) is 4.98 Å². The Labute approximate surface area is 161 Å². The molecule has 0 bridgehead atoms. The summed E-state index contributed by atoms with van der Waals surface area (Å²) >= 11 is 0. The van der Waals surface area contributed by atoms with Crippen LogP contribution in [-0.4, -0.2) is 16.0 Å². The van der Waals surface area contributed by atoms with Crippen LogP contribution in [0, 0.1) is 5.92 Å². The maximum atomic E-state index is 12.6. The van der Waals surface area contributed by atoms with Crippen molar-refractivity contribution in [1.29, 1.82) is 0 Å². The van der Waals surface area contributed by atoms with Crippen LogP contribution in [0.25, 0.3) is 0 Å². The highest BCUT2D eigenvalue weighted by atomic mass is 16.5. The third-order valence-corrected chi connectivity index (χ3v) is 5.28. The zero-order valence-corrected chi connectivity index (χ0v) is 16.7. The van der Waals surface area contributed by atoms with E-state index >= 15 is 0 Å². The van der Waals surface area contributed by atoms with Gasteiger partial charge in [0.25, 0.3) is 0 Å². The standard InChI is InChI=1S/C22H31N3O2/c1-22(2,3)21-24-19(27-25-21)15-9-14-18(26)23-20(17-12-7-8-13-17)16-10-5-4-6-11-16/h4-6,10-11,17,20H,7-9,12-15H2,1-3H3,(H,23,26). The molecule has 5 nitrogen and oxygen atoms in total. The molecule has 146 valence electrons. The number of nitrogens with one attached hydrogen (secondary N) is 1. The molecule has 1 aliphatic carbocycles. The van der Waals surface area contributed by atoms with Gasteiger partial charge < -0.3 is 9.84 Å². The van der Waals surface area contributed by atoms with Gasteiger partial charge in [0, 0.05) is 18.3 Å². The minimum Gasteiger partial charge on any atom is -0.349 e. The Kier molecular flexibility index (Phi) is 6.30. The van der Waals surface area contributed by atoms with Crippen molar-refractivity contribution in [1.82, 2.24) is 15.5 Å². The molecular formula is C22H31N3O2. The van der Waals surface area contributed by atoms with Crippen molar-refractivity contribution in [3.8, 4) is 0 Å². The summed E-state index contributed by atoms with van der Waals surface area (Å²) in [5.74, 6) is 1.98. The van der Waals surface area contributed by atoms with Crippen molar-refractivity contribution in [2.24, 2.45) is 5.92 Å². The van der Waals surface area contributed by atoms with Gasteiger partial charge in [-0.1, -0.05) is 69.1 Å². The molecule has 1 fully saturated rings. The second kappa shape index (κ2) is 8.68. The lowest BCUT2D eigenvalue weighted by atomic mass is 9.91. The summed E-state index contributed by atoms with van der Waals surface area (Å²) in [5.41, 5.74) is 1.09. The molecule has 0 spiro atoms. The molecule has 27 heavy (non-hydrogen) atoms. The molecule has 1 unspecified atom stereocenters. The number of amides is 1. The van der Waals surface area contributed by atoms with Gasteiger partial charge in [-0.15, -0.1) is 0 Å². The third-order valence-electron chi connectivity index (χ3n) is 5.28. The second-order valence-electron chi connectivity index (χ2n) is 8.62. The molecule has 3 rings (SSSR count). The van der Waals surface area contributed by atoms with Gasteiger partial charge in [-0.05, 0) is 30.7 Å². The highest BCUT2D eigenvalue weighted by molar-refractivity contribution is 5.76. The second-order valence-corrected chi connectivity index (χ2v) is 8.62. The molecule has 1 atom stereocenters. The average Bonchev–Trinajstić information content (AvgIpc) is 3.32. The highest BCUT2D eigenvalue weighted by Gasteiger charge is 2.27. The lowest BCUT2D eigenvalue weighted by Gasteiger charge is -2.25. The van der Waals surface area contributed by atoms with Crippen molar-refractivity contribution in [3.05, 3.63) is 47.6 Å². The number of rotatable bonds is 7. The summed E-state index contributed by atoms with van der Waals surface area (Å²) in [4.78, 5) is 17.0. The Morgan fingerprint density at radius 2 is 1.93 bits per heavy atom. The molecule has 5 heteroatoms. The Bertz CT molecular complexity index is 728. The summed E-state index contributed by atoms with van der Waals surface area (Å²) in [6.07, 6.45) is 6.73. The van der Waals surface area contributed by atoms with Crippen molar-refractivity contribution in [2.45, 2.75) is 77.2 Å². The maximum absolute atomic E-state index is 12.6. The van der Waals surface area contributed by atoms with E-state index < -0.39 is 0 Å². The van der Waals surface area contributed by atoms with Crippen molar-refractivity contribution in [3.63, 3.8) is 0 Å². The zero-order valence-electron chi connectivity index (χ0n) is 16.7. The first-order valence-corrected chi connectivity index (χ1v) is 10.1. The molecule has 0 saturated heterocycles. The van der Waals surface area contributed by atoms with Crippen LogP contribution in [0.5, 0.6) is 0 Å². The highest BCUT2D eigenvalue weighted by Crippen LogP contribution is 2.35. The molecule has 0 radical (unpaired) electrons. The summed E-state index contributed by atoms with van der Waals surface area (Å²) < 4.78 is 5.31. The minimum absolute atomic E-state index is 0.103. The number of carbonyl (C=O) groups is 1. The SMILES string of the molecule is CC(C)(C)c1noc(CCCC(=O)NC(c2ccccc2)C2CCCC2)n1. The zero-order chi connectivity index (χ0) is 19.3. The quantitative estimate of drug-likeness (QED) is 0.765. The summed E-state index contributed by atoms with van der Waals surface area (Å²) in [6.45, 7) is 6.17. The molecule has 1 saturated carbocycles. The molecule has 0 aliphatic heterocycles. The summed E-state index contributed by atoms with van der Waals surface area (Å²) in [6, 6.07) is 10.5. The number of hydrogen-bond acceptors (Lipinski definition) is 4. The predicted molar refractivity (Wildman–Crippen MR) is 105 cm³/mol. The lowest BCUT2D eigenvalue weighted by molar-refractivity contribution is -0.122. The van der Waals surface area contributed by atoms with Gasteiger partial charge in [0.15, 0.2) is 5.82 Å². The van der Waals surface area contributed by atoms with Crippen molar-refractivity contribution in [2.75, 3.05) is 0 Å². The first-order chi connectivity index (χ1) is 12.9. The van der Waals surface area contributed by atoms with Crippen LogP contribution in [0.1, 0.15) is 82.6 Å². The fourth-order valence-corrected chi connectivity index (χ4v) is 3.73. The molecule has 2 aromatic rings. The third kappa shape index (κ3) is 5.41. The first kappa shape index (κ1) is 19.6. The minimum atomic E-state index is -0.122. The van der Waals surface area contributed by atoms with E-state index in [0.29, 0.717) is 36.9 Å². The van der Waals surface area contributed by atoms with Gasteiger partial charge in [0.05, 0.1) is 6.04 Å². The van der Waals surface area contributed by atoms with Crippen LogP contribution in [0.3, 0.4) is 0 Å². The lowest BCUT2D eigenvalue weighted by Crippen LogP contribution is -2.32. The topological polar surface area (TPSA) is 68.0 Å². The Hall–Kier alpha value is -2.17. The Morgan fingerprint density at radius 1 is 1.22 bits per heavy atom. The summed E-state index contributed by atoms with van der Waals surface area (Å²) in [7, 11) is 0. The van der Waals surface area contributed by atoms with Crippen molar-refractivity contribution < 1.29 is 9.32 Å². The van der Waals surface area contributed by atoms with E-state index in [4.69, 9.17) is 4.52 Å². The van der Waals surface area contributed by atoms with E-state index in [9.17, 15) is 4.79 Å². The normalized spacial score (nSPS) is 16.4. The van der Waals surface area contributed by atoms with Crippen molar-refractivity contribution >= 4 is 5.91 Å². The van der Waals surface area contributed by atoms with Crippen LogP contribution in [0.4, 0.5) is 0 Å². The first-order valence-electron chi connectivity index (χ1n) is 10.1. The van der Waals surface area contributed by atoms with Gasteiger partial charge in [-0.25, -0.2) is 0 Å². The van der Waals surface area contributed by atoms with E-state index in [1.54, 1.807) is 0 Å². The van der Waals surface area contributed by atoms with Crippen LogP contribution in [0.2, 0.25) is 0 Å². The number of aryl methyl sites for hydroxylation is 1. The number of benzene rings is 1. The van der Waals surface area contributed by atoms with E-state index in [1.807, 2.05) is 18.2 Å². The van der Waals surface area contributed by atoms with Gasteiger partial charge >= 0.3 is 0 Å². The van der Waals surface area contributed by atoms with Crippen LogP contribution in [0.15, 0.2) is 34.9 Å². The summed E-state index contributed by atoms with van der Waals surface area (Å²) in [5, 5.41) is 7.32. The predicted octanol–water partition coefficient (Wildman–Crippen LogP) is 4.74. The largest absolute Gasteiger partial charge is 0.349 e. The molecule has 1 aromatic heterocycles. The fraction of sp³-hybridized carbons (Fsp3) is 0.591. The fourth-order valence-electron chi connectivity index (χ4n) is 3.73. The van der Waals surface area contributed by atoms with Crippen LogP contribution >= 0.6 is 0 Å². The number of aromatic nitrogens is 2. The molecule has 1 aromatic carbocycles. The van der Waals surface area contributed by atoms with E-state index in [-0.39, 0.29) is 17.4 Å². The molecular weight excluding hydrogens is 338 g/mol. The van der Waals surface area contributed by atoms with E-state index in [2.05, 4.69) is 48.4 Å². The van der Waals surface area contributed by atoms with Crippen LogP contribution < -0.4 is 5.32 Å². The molecule has 1 amide bonds. The maximum Gasteiger partial charge on any atom is 0.226 e. The van der Waals surface area contributed by atoms with Crippen LogP contribution in [-0.2, 0) is 16.6 Å². The van der Waals surface area contributed by atoms with Gasteiger partial charge in [0.2, 0.25) is 11.8 Å². The number of carbonyl (C=O) groups excluding carboxylic acids is 1. The van der Waals surface area contributed by atoms with Gasteiger partial charge in [-0.3, -0.25) is 4.79 Å². The van der Waals surface area contributed by atoms with E-state index in [0.717, 1.165) is 0 Å². The van der Waals surface area contributed by atoms with Gasteiger partial charge in [0.1, 0.15) is 0 Å². The molecule has 1 aliphatic rings. The smallest absolute Gasteiger partial charge is 0.226 e. The molecule has 1 heterocycles. The monoisotopic (exact) mass is 369 g/mol. The average molecular weight is 370 g/mol. The Morgan fingerprint density at radius 3 is 2.56 bits per heavy atom. The number of hydrogen-bond donors (Lipinski definition) is 1. The Balaban J connectivity index is 1.53. The van der Waals surface area contributed by atoms with E-state index in [1.165, 1.54) is 31.2 Å².